The Morgan fingerprint density at radius 1 is 1.40 bits per heavy atom. The molecule has 0 saturated heterocycles. The second-order valence-electron chi connectivity index (χ2n) is 5.08. The molecule has 0 aromatic heterocycles. The van der Waals surface area contributed by atoms with Crippen LogP contribution in [0.15, 0.2) is 18.2 Å². The molecule has 1 aliphatic carbocycles. The Balaban J connectivity index is 2.04. The molecular weight excluding hydrogens is 286 g/mol. The maximum absolute atomic E-state index is 11.7. The summed E-state index contributed by atoms with van der Waals surface area (Å²) in [7, 11) is -3.57. The van der Waals surface area contributed by atoms with Crippen molar-refractivity contribution < 1.29 is 27.8 Å². The Morgan fingerprint density at radius 2 is 2.05 bits per heavy atom. The summed E-state index contributed by atoms with van der Waals surface area (Å²) in [6.07, 6.45) is 0.995. The van der Waals surface area contributed by atoms with Crippen LogP contribution in [-0.4, -0.2) is 43.3 Å². The monoisotopic (exact) mass is 299 g/mol. The molecule has 20 heavy (non-hydrogen) atoms. The van der Waals surface area contributed by atoms with E-state index in [0.29, 0.717) is 17.1 Å². The molecule has 0 unspecified atom stereocenters. The van der Waals surface area contributed by atoms with Crippen molar-refractivity contribution in [2.75, 3.05) is 13.0 Å². The van der Waals surface area contributed by atoms with E-state index in [2.05, 4.69) is 0 Å². The van der Waals surface area contributed by atoms with Gasteiger partial charge in [0.1, 0.15) is 5.54 Å². The summed E-state index contributed by atoms with van der Waals surface area (Å²) >= 11 is 0. The van der Waals surface area contributed by atoms with Crippen molar-refractivity contribution in [3.63, 3.8) is 0 Å². The normalized spacial score (nSPS) is 31.1. The summed E-state index contributed by atoms with van der Waals surface area (Å²) in [6.45, 7) is 0.0889. The van der Waals surface area contributed by atoms with Crippen LogP contribution in [0.2, 0.25) is 0 Å². The molecule has 1 fully saturated rings. The van der Waals surface area contributed by atoms with Crippen molar-refractivity contribution in [2.45, 2.75) is 16.7 Å². The van der Waals surface area contributed by atoms with Gasteiger partial charge in [-0.3, -0.25) is 4.79 Å². The summed E-state index contributed by atoms with van der Waals surface area (Å²) < 4.78 is 33.8. The fourth-order valence-corrected chi connectivity index (χ4v) is 4.54. The first-order chi connectivity index (χ1) is 9.26. The first-order valence-electron chi connectivity index (χ1n) is 5.87. The Morgan fingerprint density at radius 3 is 2.60 bits per heavy atom. The van der Waals surface area contributed by atoms with Crippen LogP contribution in [0.4, 0.5) is 0 Å². The maximum atomic E-state index is 11.7. The molecule has 8 heteroatoms. The molecule has 1 aliphatic heterocycles. The van der Waals surface area contributed by atoms with E-state index in [9.17, 15) is 18.3 Å². The van der Waals surface area contributed by atoms with Gasteiger partial charge in [0, 0.05) is 12.2 Å². The van der Waals surface area contributed by atoms with Gasteiger partial charge in [-0.15, -0.1) is 0 Å². The molecule has 108 valence electrons. The number of benzene rings is 1. The second kappa shape index (κ2) is 3.86. The smallest absolute Gasteiger partial charge is 0.325 e. The molecule has 1 aromatic carbocycles. The minimum absolute atomic E-state index is 0.0889. The Kier molecular flexibility index (Phi) is 2.55. The van der Waals surface area contributed by atoms with Gasteiger partial charge in [-0.05, 0) is 17.7 Å². The number of carbonyl (C=O) groups is 1. The van der Waals surface area contributed by atoms with E-state index >= 15 is 0 Å². The third-order valence-corrected chi connectivity index (χ3v) is 5.35. The molecule has 3 N–H and O–H groups in total. The molecule has 0 spiro atoms. The van der Waals surface area contributed by atoms with E-state index in [1.807, 2.05) is 0 Å². The van der Waals surface area contributed by atoms with Gasteiger partial charge in [0.2, 0.25) is 6.79 Å². The van der Waals surface area contributed by atoms with Gasteiger partial charge in [0.05, 0.1) is 5.25 Å². The minimum Gasteiger partial charge on any atom is -0.480 e. The molecule has 1 aromatic rings. The number of nitrogens with two attached hydrogens (primary N) is 1. The van der Waals surface area contributed by atoms with Gasteiger partial charge in [-0.1, -0.05) is 6.07 Å². The number of ether oxygens (including phenoxy) is 2. The van der Waals surface area contributed by atoms with Crippen molar-refractivity contribution in [1.29, 1.82) is 0 Å². The van der Waals surface area contributed by atoms with Crippen molar-refractivity contribution in [3.05, 3.63) is 23.8 Å². The molecule has 1 heterocycles. The van der Waals surface area contributed by atoms with E-state index < -0.39 is 32.5 Å². The van der Waals surface area contributed by atoms with E-state index in [4.69, 9.17) is 15.2 Å². The lowest BCUT2D eigenvalue weighted by Gasteiger charge is -2.05. The van der Waals surface area contributed by atoms with Gasteiger partial charge in [-0.25, -0.2) is 8.42 Å². The number of rotatable bonds is 3. The molecule has 0 amide bonds. The van der Waals surface area contributed by atoms with Crippen molar-refractivity contribution in [2.24, 2.45) is 5.73 Å². The molecule has 3 rings (SSSR count). The van der Waals surface area contributed by atoms with Crippen LogP contribution in [0, 0.1) is 0 Å². The lowest BCUT2D eigenvalue weighted by Crippen LogP contribution is -2.39. The Bertz CT molecular complexity index is 700. The van der Waals surface area contributed by atoms with E-state index in [-0.39, 0.29) is 6.79 Å². The second-order valence-corrected chi connectivity index (χ2v) is 7.25. The summed E-state index contributed by atoms with van der Waals surface area (Å²) in [5, 5.41) is 8.09. The molecule has 3 atom stereocenters. The van der Waals surface area contributed by atoms with Gasteiger partial charge >= 0.3 is 5.97 Å². The zero-order chi connectivity index (χ0) is 14.7. The SMILES string of the molecule is CS(=O)(=O)[C@@H]1[C@@H](c2ccc3c(c2)OCO3)[C@@]1(N)C(=O)O. The van der Waals surface area contributed by atoms with Crippen LogP contribution in [0.5, 0.6) is 11.5 Å². The number of fused-ring (bicyclic) bond motifs is 1. The van der Waals surface area contributed by atoms with Crippen LogP contribution < -0.4 is 15.2 Å². The maximum Gasteiger partial charge on any atom is 0.325 e. The average Bonchev–Trinajstić information content (AvgIpc) is 2.79. The first kappa shape index (κ1) is 13.2. The lowest BCUT2D eigenvalue weighted by atomic mass is 10.1. The van der Waals surface area contributed by atoms with Crippen molar-refractivity contribution in [3.8, 4) is 11.5 Å². The minimum atomic E-state index is -3.57. The summed E-state index contributed by atoms with van der Waals surface area (Å²) in [6, 6.07) is 4.83. The molecule has 0 radical (unpaired) electrons. The highest BCUT2D eigenvalue weighted by atomic mass is 32.2. The highest BCUT2D eigenvalue weighted by Crippen LogP contribution is 2.55. The van der Waals surface area contributed by atoms with Crippen LogP contribution in [0.25, 0.3) is 0 Å². The molecule has 1 saturated carbocycles. The van der Waals surface area contributed by atoms with Gasteiger partial charge in [-0.2, -0.15) is 0 Å². The third-order valence-electron chi connectivity index (χ3n) is 3.77. The zero-order valence-corrected chi connectivity index (χ0v) is 11.4. The quantitative estimate of drug-likeness (QED) is 0.787. The summed E-state index contributed by atoms with van der Waals surface area (Å²) in [4.78, 5) is 11.3. The fraction of sp³-hybridized carbons (Fsp3) is 0.417. The lowest BCUT2D eigenvalue weighted by molar-refractivity contribution is -0.139. The molecular formula is C12H13NO6S. The molecule has 0 bridgehead atoms. The fourth-order valence-electron chi connectivity index (χ4n) is 2.79. The number of carboxylic acid groups (broad SMARTS) is 1. The molecule has 7 nitrogen and oxygen atoms in total. The predicted molar refractivity (Wildman–Crippen MR) is 68.5 cm³/mol. The van der Waals surface area contributed by atoms with Gasteiger partial charge < -0.3 is 20.3 Å². The number of aliphatic carboxylic acids is 1. The number of carboxylic acids is 1. The third kappa shape index (κ3) is 1.68. The van der Waals surface area contributed by atoms with Crippen LogP contribution in [0.1, 0.15) is 11.5 Å². The topological polar surface area (TPSA) is 116 Å². The first-order valence-corrected chi connectivity index (χ1v) is 7.82. The van der Waals surface area contributed by atoms with E-state index in [0.717, 1.165) is 6.26 Å². The number of sulfone groups is 1. The summed E-state index contributed by atoms with van der Waals surface area (Å²) in [5.74, 6) is -1.10. The van der Waals surface area contributed by atoms with Gasteiger partial charge in [0.15, 0.2) is 21.3 Å². The van der Waals surface area contributed by atoms with Crippen LogP contribution in [0.3, 0.4) is 0 Å². The van der Waals surface area contributed by atoms with Crippen LogP contribution in [-0.2, 0) is 14.6 Å². The average molecular weight is 299 g/mol. The summed E-state index contributed by atoms with van der Waals surface area (Å²) in [5.41, 5.74) is 4.52. The Labute approximate surface area is 115 Å². The highest BCUT2D eigenvalue weighted by molar-refractivity contribution is 7.91. The Hall–Kier alpha value is -1.80. The van der Waals surface area contributed by atoms with Crippen LogP contribution >= 0.6 is 0 Å². The van der Waals surface area contributed by atoms with Crippen molar-refractivity contribution in [1.82, 2.24) is 0 Å². The standard InChI is InChI=1S/C12H13NO6S/c1-20(16,17)10-9(12(10,13)11(14)15)6-2-3-7-8(4-6)19-5-18-7/h2-4,9-10H,5,13H2,1H3,(H,14,15)/t9-,10-,12+/m1/s1. The number of hydrogen-bond acceptors (Lipinski definition) is 6. The van der Waals surface area contributed by atoms with E-state index in [1.165, 1.54) is 0 Å². The highest BCUT2D eigenvalue weighted by Gasteiger charge is 2.73. The van der Waals surface area contributed by atoms with E-state index in [1.54, 1.807) is 18.2 Å². The number of hydrogen-bond donors (Lipinski definition) is 2. The van der Waals surface area contributed by atoms with Crippen molar-refractivity contribution >= 4 is 15.8 Å². The molecule has 2 aliphatic rings. The largest absolute Gasteiger partial charge is 0.480 e. The predicted octanol–water partition coefficient (Wildman–Crippen LogP) is -0.292. The van der Waals surface area contributed by atoms with Gasteiger partial charge in [0.25, 0.3) is 0 Å². The zero-order valence-electron chi connectivity index (χ0n) is 10.6.